The van der Waals surface area contributed by atoms with E-state index in [1.807, 2.05) is 36.4 Å². The van der Waals surface area contributed by atoms with Crippen LogP contribution in [0.15, 0.2) is 48.5 Å². The number of nitrogens with one attached hydrogen (secondary N) is 2. The van der Waals surface area contributed by atoms with E-state index in [0.717, 1.165) is 24.1 Å². The fourth-order valence-corrected chi connectivity index (χ4v) is 2.90. The number of anilines is 1. The molecular weight excluding hydrogens is 303 g/mol. The largest absolute Gasteiger partial charge is 0.337 e. The first-order valence-electron chi connectivity index (χ1n) is 8.39. The number of carbonyl (C=O) groups is 1. The number of hydrogen-bond donors (Lipinski definition) is 2. The molecule has 1 aliphatic carbocycles. The van der Waals surface area contributed by atoms with E-state index in [4.69, 9.17) is 0 Å². The minimum atomic E-state index is -0.231. The van der Waals surface area contributed by atoms with E-state index in [-0.39, 0.29) is 17.3 Å². The molecule has 0 unspecified atom stereocenters. The molecule has 2 aromatic carbocycles. The standard InChI is InChI=1S/C20H23FN2O/c1-14(2)15-3-9-18(10-4-15)23-19(24)22-13-20(11-12-20)16-5-7-17(21)8-6-16/h3-10,14H,11-13H2,1-2H3,(H2,22,23,24). The van der Waals surface area contributed by atoms with Gasteiger partial charge in [-0.3, -0.25) is 0 Å². The Kier molecular flexibility index (Phi) is 4.56. The lowest BCUT2D eigenvalue weighted by molar-refractivity contribution is 0.251. The van der Waals surface area contributed by atoms with E-state index in [0.29, 0.717) is 12.5 Å². The van der Waals surface area contributed by atoms with Crippen LogP contribution in [0.3, 0.4) is 0 Å². The van der Waals surface area contributed by atoms with Gasteiger partial charge in [-0.1, -0.05) is 38.1 Å². The summed E-state index contributed by atoms with van der Waals surface area (Å²) in [7, 11) is 0. The molecule has 0 saturated heterocycles. The summed E-state index contributed by atoms with van der Waals surface area (Å²) in [5.74, 6) is 0.239. The number of benzene rings is 2. The van der Waals surface area contributed by atoms with Crippen molar-refractivity contribution in [3.8, 4) is 0 Å². The van der Waals surface area contributed by atoms with Gasteiger partial charge in [0.1, 0.15) is 5.82 Å². The Bertz CT molecular complexity index is 703. The fraction of sp³-hybridized carbons (Fsp3) is 0.350. The predicted molar refractivity (Wildman–Crippen MR) is 94.9 cm³/mol. The lowest BCUT2D eigenvalue weighted by Crippen LogP contribution is -2.35. The van der Waals surface area contributed by atoms with Crippen LogP contribution in [0.1, 0.15) is 43.7 Å². The van der Waals surface area contributed by atoms with Crippen molar-refractivity contribution >= 4 is 11.7 Å². The molecule has 126 valence electrons. The number of hydrogen-bond acceptors (Lipinski definition) is 1. The number of amides is 2. The summed E-state index contributed by atoms with van der Waals surface area (Å²) in [4.78, 5) is 12.1. The quantitative estimate of drug-likeness (QED) is 0.814. The maximum atomic E-state index is 13.1. The first kappa shape index (κ1) is 16.5. The summed E-state index contributed by atoms with van der Waals surface area (Å²) < 4.78 is 13.1. The van der Waals surface area contributed by atoms with Crippen LogP contribution in [-0.4, -0.2) is 12.6 Å². The Labute approximate surface area is 142 Å². The zero-order chi connectivity index (χ0) is 17.2. The predicted octanol–water partition coefficient (Wildman–Crippen LogP) is 4.80. The van der Waals surface area contributed by atoms with Crippen LogP contribution in [-0.2, 0) is 5.41 Å². The molecule has 24 heavy (non-hydrogen) atoms. The SMILES string of the molecule is CC(C)c1ccc(NC(=O)NCC2(c3ccc(F)cc3)CC2)cc1. The number of carbonyl (C=O) groups excluding carboxylic acids is 1. The normalized spacial score (nSPS) is 15.2. The molecule has 4 heteroatoms. The summed E-state index contributed by atoms with van der Waals surface area (Å²) in [6.45, 7) is 4.84. The molecular formula is C20H23FN2O. The van der Waals surface area contributed by atoms with Gasteiger partial charge in [-0.15, -0.1) is 0 Å². The zero-order valence-electron chi connectivity index (χ0n) is 14.1. The second-order valence-electron chi connectivity index (χ2n) is 6.87. The average molecular weight is 326 g/mol. The molecule has 0 heterocycles. The van der Waals surface area contributed by atoms with E-state index < -0.39 is 0 Å². The summed E-state index contributed by atoms with van der Waals surface area (Å²) in [5.41, 5.74) is 3.08. The van der Waals surface area contributed by atoms with Gasteiger partial charge < -0.3 is 10.6 Å². The molecule has 0 radical (unpaired) electrons. The summed E-state index contributed by atoms with van der Waals surface area (Å²) in [5, 5.41) is 5.80. The number of urea groups is 1. The molecule has 2 amide bonds. The van der Waals surface area contributed by atoms with Crippen molar-refractivity contribution in [2.24, 2.45) is 0 Å². The number of halogens is 1. The lowest BCUT2D eigenvalue weighted by Gasteiger charge is -2.17. The molecule has 0 bridgehead atoms. The Morgan fingerprint density at radius 3 is 2.25 bits per heavy atom. The van der Waals surface area contributed by atoms with E-state index >= 15 is 0 Å². The monoisotopic (exact) mass is 326 g/mol. The molecule has 0 spiro atoms. The van der Waals surface area contributed by atoms with Gasteiger partial charge in [-0.05, 0) is 54.2 Å². The maximum absolute atomic E-state index is 13.1. The topological polar surface area (TPSA) is 41.1 Å². The number of rotatable bonds is 5. The van der Waals surface area contributed by atoms with Crippen LogP contribution >= 0.6 is 0 Å². The van der Waals surface area contributed by atoms with Gasteiger partial charge in [0.15, 0.2) is 0 Å². The maximum Gasteiger partial charge on any atom is 0.319 e. The van der Waals surface area contributed by atoms with Gasteiger partial charge in [-0.2, -0.15) is 0 Å². The van der Waals surface area contributed by atoms with Crippen LogP contribution in [0.4, 0.5) is 14.9 Å². The second-order valence-corrected chi connectivity index (χ2v) is 6.87. The highest BCUT2D eigenvalue weighted by Crippen LogP contribution is 2.47. The molecule has 1 fully saturated rings. The summed E-state index contributed by atoms with van der Waals surface area (Å²) in [6, 6.07) is 14.3. The van der Waals surface area contributed by atoms with Gasteiger partial charge in [0, 0.05) is 17.6 Å². The van der Waals surface area contributed by atoms with Crippen LogP contribution in [0.5, 0.6) is 0 Å². The zero-order valence-corrected chi connectivity index (χ0v) is 14.1. The third-order valence-electron chi connectivity index (χ3n) is 4.73. The van der Waals surface area contributed by atoms with Crippen molar-refractivity contribution in [3.05, 3.63) is 65.5 Å². The average Bonchev–Trinajstić information content (AvgIpc) is 3.35. The van der Waals surface area contributed by atoms with Crippen LogP contribution < -0.4 is 10.6 Å². The third kappa shape index (κ3) is 3.75. The minimum absolute atomic E-state index is 0.0352. The van der Waals surface area contributed by atoms with Crippen molar-refractivity contribution < 1.29 is 9.18 Å². The van der Waals surface area contributed by atoms with Gasteiger partial charge in [0.2, 0.25) is 0 Å². The molecule has 0 atom stereocenters. The van der Waals surface area contributed by atoms with Crippen molar-refractivity contribution in [2.75, 3.05) is 11.9 Å². The fourth-order valence-electron chi connectivity index (χ4n) is 2.90. The smallest absolute Gasteiger partial charge is 0.319 e. The van der Waals surface area contributed by atoms with Crippen LogP contribution in [0.2, 0.25) is 0 Å². The molecule has 3 rings (SSSR count). The van der Waals surface area contributed by atoms with Crippen LogP contribution in [0.25, 0.3) is 0 Å². The molecule has 0 aromatic heterocycles. The Morgan fingerprint density at radius 1 is 1.08 bits per heavy atom. The van der Waals surface area contributed by atoms with Gasteiger partial charge >= 0.3 is 6.03 Å². The van der Waals surface area contributed by atoms with Gasteiger partial charge in [0.05, 0.1) is 0 Å². The minimum Gasteiger partial charge on any atom is -0.337 e. The summed E-state index contributed by atoms with van der Waals surface area (Å²) >= 11 is 0. The lowest BCUT2D eigenvalue weighted by atomic mass is 9.96. The molecule has 3 nitrogen and oxygen atoms in total. The first-order chi connectivity index (χ1) is 11.5. The van der Waals surface area contributed by atoms with E-state index in [2.05, 4.69) is 24.5 Å². The first-order valence-corrected chi connectivity index (χ1v) is 8.39. The van der Waals surface area contributed by atoms with Crippen LogP contribution in [0, 0.1) is 5.82 Å². The van der Waals surface area contributed by atoms with Crippen molar-refractivity contribution in [1.82, 2.24) is 5.32 Å². The highest BCUT2D eigenvalue weighted by molar-refractivity contribution is 5.89. The highest BCUT2D eigenvalue weighted by Gasteiger charge is 2.44. The van der Waals surface area contributed by atoms with Crippen molar-refractivity contribution in [2.45, 2.75) is 38.0 Å². The Hall–Kier alpha value is -2.36. The van der Waals surface area contributed by atoms with E-state index in [9.17, 15) is 9.18 Å². The highest BCUT2D eigenvalue weighted by atomic mass is 19.1. The van der Waals surface area contributed by atoms with Crippen molar-refractivity contribution in [3.63, 3.8) is 0 Å². The third-order valence-corrected chi connectivity index (χ3v) is 4.73. The molecule has 1 aliphatic rings. The van der Waals surface area contributed by atoms with Gasteiger partial charge in [-0.25, -0.2) is 9.18 Å². The Balaban J connectivity index is 1.55. The molecule has 2 N–H and O–H groups in total. The summed E-state index contributed by atoms with van der Waals surface area (Å²) in [6.07, 6.45) is 2.03. The van der Waals surface area contributed by atoms with E-state index in [1.54, 1.807) is 0 Å². The van der Waals surface area contributed by atoms with Gasteiger partial charge in [0.25, 0.3) is 0 Å². The molecule has 2 aromatic rings. The second kappa shape index (κ2) is 6.63. The molecule has 1 saturated carbocycles. The van der Waals surface area contributed by atoms with E-state index in [1.165, 1.54) is 17.7 Å². The van der Waals surface area contributed by atoms with Crippen molar-refractivity contribution in [1.29, 1.82) is 0 Å². The molecule has 0 aliphatic heterocycles. The Morgan fingerprint density at radius 2 is 1.71 bits per heavy atom.